The topological polar surface area (TPSA) is 77.8 Å². The molecule has 9 heteroatoms. The molecule has 0 saturated carbocycles. The van der Waals surface area contributed by atoms with E-state index < -0.39 is 0 Å². The van der Waals surface area contributed by atoms with Crippen LogP contribution in [0.25, 0.3) is 0 Å². The maximum atomic E-state index is 5.63. The second kappa shape index (κ2) is 12.3. The highest BCUT2D eigenvalue weighted by atomic mass is 16.5. The minimum atomic E-state index is 0.183. The van der Waals surface area contributed by atoms with Crippen molar-refractivity contribution < 1.29 is 14.2 Å². The van der Waals surface area contributed by atoms with Crippen LogP contribution >= 0.6 is 0 Å². The van der Waals surface area contributed by atoms with Crippen molar-refractivity contribution in [3.05, 3.63) is 95.3 Å². The molecule has 1 atom stereocenters. The lowest BCUT2D eigenvalue weighted by atomic mass is 9.83. The molecule has 2 aromatic heterocycles. The van der Waals surface area contributed by atoms with Gasteiger partial charge in [-0.25, -0.2) is 0 Å². The highest BCUT2D eigenvalue weighted by molar-refractivity contribution is 5.38. The molecule has 39 heavy (non-hydrogen) atoms. The fourth-order valence-corrected chi connectivity index (χ4v) is 5.52. The molecular formula is C30H36N6O3. The SMILES string of the molecule is COc1nc(OC)c(CN2CCN(Cc3cnn(C)c3)[C@H](C(c3ccccc3)c3ccccc3)C2)c(OC)n1. The maximum Gasteiger partial charge on any atom is 0.322 e. The smallest absolute Gasteiger partial charge is 0.322 e. The van der Waals surface area contributed by atoms with Crippen molar-refractivity contribution in [1.29, 1.82) is 0 Å². The lowest BCUT2D eigenvalue weighted by Crippen LogP contribution is -2.54. The summed E-state index contributed by atoms with van der Waals surface area (Å²) >= 11 is 0. The van der Waals surface area contributed by atoms with E-state index in [0.717, 1.165) is 31.7 Å². The summed E-state index contributed by atoms with van der Waals surface area (Å²) in [5.41, 5.74) is 4.63. The van der Waals surface area contributed by atoms with Crippen molar-refractivity contribution in [1.82, 2.24) is 29.5 Å². The predicted octanol–water partition coefficient (Wildman–Crippen LogP) is 3.75. The summed E-state index contributed by atoms with van der Waals surface area (Å²) in [4.78, 5) is 13.9. The van der Waals surface area contributed by atoms with Crippen LogP contribution in [-0.4, -0.2) is 76.6 Å². The number of aryl methyl sites for hydroxylation is 1. The standard InChI is InChI=1S/C30H36N6O3/c1-34-18-22(17-31-34)19-36-16-15-35(20-25-28(37-2)32-30(39-4)33-29(25)38-3)21-26(36)27(23-11-7-5-8-12-23)24-13-9-6-10-14-24/h5-14,17-18,26-27H,15-16,19-21H2,1-4H3/t26-/m0/s1. The Morgan fingerprint density at radius 1 is 0.821 bits per heavy atom. The Labute approximate surface area is 230 Å². The Morgan fingerprint density at radius 3 is 1.95 bits per heavy atom. The highest BCUT2D eigenvalue weighted by Gasteiger charge is 2.36. The average Bonchev–Trinajstić information content (AvgIpc) is 3.39. The molecule has 1 aliphatic rings. The molecular weight excluding hydrogens is 492 g/mol. The largest absolute Gasteiger partial charge is 0.481 e. The van der Waals surface area contributed by atoms with Gasteiger partial charge in [-0.2, -0.15) is 15.1 Å². The fraction of sp³-hybridized carbons (Fsp3) is 0.367. The van der Waals surface area contributed by atoms with Crippen molar-refractivity contribution in [2.75, 3.05) is 41.0 Å². The molecule has 2 aromatic carbocycles. The summed E-state index contributed by atoms with van der Waals surface area (Å²) in [5, 5.41) is 4.42. The minimum absolute atomic E-state index is 0.183. The summed E-state index contributed by atoms with van der Waals surface area (Å²) in [6, 6.07) is 22.0. The van der Waals surface area contributed by atoms with E-state index in [0.29, 0.717) is 18.3 Å². The Kier molecular flexibility index (Phi) is 8.39. The number of hydrogen-bond acceptors (Lipinski definition) is 8. The molecule has 1 fully saturated rings. The first kappa shape index (κ1) is 26.6. The van der Waals surface area contributed by atoms with Crippen molar-refractivity contribution >= 4 is 0 Å². The molecule has 4 aromatic rings. The second-order valence-corrected chi connectivity index (χ2v) is 9.80. The molecule has 204 valence electrons. The van der Waals surface area contributed by atoms with Crippen molar-refractivity contribution in [3.63, 3.8) is 0 Å². The number of rotatable bonds is 10. The molecule has 0 aliphatic carbocycles. The lowest BCUT2D eigenvalue weighted by Gasteiger charge is -2.45. The van der Waals surface area contributed by atoms with Crippen molar-refractivity contribution in [3.8, 4) is 17.8 Å². The zero-order chi connectivity index (χ0) is 27.2. The van der Waals surface area contributed by atoms with Crippen LogP contribution in [0, 0.1) is 0 Å². The number of piperazine rings is 1. The van der Waals surface area contributed by atoms with E-state index in [-0.39, 0.29) is 18.0 Å². The molecule has 1 saturated heterocycles. The lowest BCUT2D eigenvalue weighted by molar-refractivity contribution is 0.0545. The van der Waals surface area contributed by atoms with Crippen molar-refractivity contribution in [2.24, 2.45) is 7.05 Å². The number of hydrogen-bond donors (Lipinski definition) is 0. The van der Waals surface area contributed by atoms with Crippen LogP contribution in [0.4, 0.5) is 0 Å². The van der Waals surface area contributed by atoms with Gasteiger partial charge in [0.2, 0.25) is 11.8 Å². The summed E-state index contributed by atoms with van der Waals surface area (Å²) in [6.45, 7) is 4.06. The number of ether oxygens (including phenoxy) is 3. The third-order valence-electron chi connectivity index (χ3n) is 7.33. The van der Waals surface area contributed by atoms with E-state index in [1.165, 1.54) is 23.8 Å². The Balaban J connectivity index is 1.51. The van der Waals surface area contributed by atoms with Gasteiger partial charge in [-0.05, 0) is 11.1 Å². The molecule has 3 heterocycles. The van der Waals surface area contributed by atoms with Crippen LogP contribution in [0.1, 0.15) is 28.2 Å². The van der Waals surface area contributed by atoms with Gasteiger partial charge in [0.1, 0.15) is 0 Å². The van der Waals surface area contributed by atoms with Crippen LogP contribution in [-0.2, 0) is 20.1 Å². The van der Waals surface area contributed by atoms with Gasteiger partial charge < -0.3 is 14.2 Å². The predicted molar refractivity (Wildman–Crippen MR) is 149 cm³/mol. The summed E-state index contributed by atoms with van der Waals surface area (Å²) < 4.78 is 18.4. The van der Waals surface area contributed by atoms with Crippen LogP contribution in [0.3, 0.4) is 0 Å². The van der Waals surface area contributed by atoms with E-state index in [1.54, 1.807) is 14.2 Å². The van der Waals surface area contributed by atoms with Gasteiger partial charge in [0.25, 0.3) is 0 Å². The van der Waals surface area contributed by atoms with E-state index in [1.807, 2.05) is 17.9 Å². The van der Waals surface area contributed by atoms with Gasteiger partial charge in [-0.1, -0.05) is 60.7 Å². The van der Waals surface area contributed by atoms with Gasteiger partial charge in [-0.3, -0.25) is 14.5 Å². The van der Waals surface area contributed by atoms with Crippen LogP contribution in [0.15, 0.2) is 73.1 Å². The summed E-state index contributed by atoms with van der Waals surface area (Å²) in [6.07, 6.45) is 4.07. The second-order valence-electron chi connectivity index (χ2n) is 9.80. The first-order chi connectivity index (χ1) is 19.1. The molecule has 0 unspecified atom stereocenters. The van der Waals surface area contributed by atoms with Gasteiger partial charge in [0.05, 0.1) is 33.1 Å². The summed E-state index contributed by atoms with van der Waals surface area (Å²) in [5.74, 6) is 1.12. The van der Waals surface area contributed by atoms with Crippen LogP contribution in [0.2, 0.25) is 0 Å². The zero-order valence-corrected chi connectivity index (χ0v) is 23.0. The third-order valence-corrected chi connectivity index (χ3v) is 7.33. The van der Waals surface area contributed by atoms with E-state index in [9.17, 15) is 0 Å². The van der Waals surface area contributed by atoms with Gasteiger partial charge in [-0.15, -0.1) is 0 Å². The van der Waals surface area contributed by atoms with E-state index >= 15 is 0 Å². The highest BCUT2D eigenvalue weighted by Crippen LogP contribution is 2.35. The van der Waals surface area contributed by atoms with Crippen molar-refractivity contribution in [2.45, 2.75) is 25.0 Å². The fourth-order valence-electron chi connectivity index (χ4n) is 5.52. The van der Waals surface area contributed by atoms with Crippen LogP contribution < -0.4 is 14.2 Å². The monoisotopic (exact) mass is 528 g/mol. The van der Waals surface area contributed by atoms with Gasteiger partial charge in [0.15, 0.2) is 0 Å². The van der Waals surface area contributed by atoms with E-state index in [4.69, 9.17) is 14.2 Å². The minimum Gasteiger partial charge on any atom is -0.481 e. The summed E-state index contributed by atoms with van der Waals surface area (Å²) in [7, 11) is 6.72. The Hall–Kier alpha value is -3.95. The third kappa shape index (κ3) is 6.05. The van der Waals surface area contributed by atoms with Gasteiger partial charge in [0, 0.05) is 63.5 Å². The molecule has 9 nitrogen and oxygen atoms in total. The average molecular weight is 529 g/mol. The van der Waals surface area contributed by atoms with E-state index in [2.05, 4.69) is 91.7 Å². The number of nitrogens with zero attached hydrogens (tertiary/aromatic N) is 6. The molecule has 0 N–H and O–H groups in total. The quantitative estimate of drug-likeness (QED) is 0.308. The molecule has 0 bridgehead atoms. The molecule has 0 spiro atoms. The molecule has 0 radical (unpaired) electrons. The molecule has 5 rings (SSSR count). The zero-order valence-electron chi connectivity index (χ0n) is 23.0. The number of methoxy groups -OCH3 is 3. The Bertz CT molecular complexity index is 1280. The molecule has 0 amide bonds. The number of benzene rings is 2. The molecule has 1 aliphatic heterocycles. The maximum absolute atomic E-state index is 5.63. The normalized spacial score (nSPS) is 16.4. The Morgan fingerprint density at radius 2 is 1.44 bits per heavy atom. The first-order valence-electron chi connectivity index (χ1n) is 13.2. The van der Waals surface area contributed by atoms with Gasteiger partial charge >= 0.3 is 6.01 Å². The number of aromatic nitrogens is 4. The van der Waals surface area contributed by atoms with Crippen LogP contribution in [0.5, 0.6) is 17.8 Å². The first-order valence-corrected chi connectivity index (χ1v) is 13.2.